The van der Waals surface area contributed by atoms with Gasteiger partial charge < -0.3 is 29.1 Å². The van der Waals surface area contributed by atoms with Gasteiger partial charge in [0.25, 0.3) is 0 Å². The van der Waals surface area contributed by atoms with E-state index in [-0.39, 0.29) is 0 Å². The Morgan fingerprint density at radius 1 is 0.769 bits per heavy atom. The zero-order chi connectivity index (χ0) is 19.5. The summed E-state index contributed by atoms with van der Waals surface area (Å²) in [6.45, 7) is 0. The Labute approximate surface area is 165 Å². The number of rotatable bonds is 2. The van der Waals surface area contributed by atoms with Gasteiger partial charge in [-0.1, -0.05) is 18.2 Å². The Morgan fingerprint density at radius 2 is 1.12 bits per heavy atom. The Bertz CT molecular complexity index is 522. The summed E-state index contributed by atoms with van der Waals surface area (Å²) in [6.07, 6.45) is 16.4. The quantitative estimate of drug-likeness (QED) is 0.281. The molecule has 0 radical (unpaired) electrons. The minimum atomic E-state index is -4.32. The van der Waals surface area contributed by atoms with Crippen LogP contribution in [0.5, 0.6) is 0 Å². The molecule has 0 bridgehead atoms. The average molecular weight is 438 g/mol. The molecule has 6 N–H and O–H groups in total. The number of hydrogen-bond acceptors (Lipinski definition) is 8. The van der Waals surface area contributed by atoms with Gasteiger partial charge in [0.15, 0.2) is 0 Å². The molecule has 0 atom stereocenters. The Balaban J connectivity index is 0.000000322. The number of carboxylic acids is 1. The van der Waals surface area contributed by atoms with Crippen LogP contribution in [-0.4, -0.2) is 27.0 Å². The van der Waals surface area contributed by atoms with E-state index >= 15 is 0 Å². The zero-order valence-electron chi connectivity index (χ0n) is 13.5. The second-order valence-electron chi connectivity index (χ2n) is 3.99. The van der Waals surface area contributed by atoms with Gasteiger partial charge in [-0.2, -0.15) is 0 Å². The maximum atomic E-state index is 9.76. The van der Waals surface area contributed by atoms with Gasteiger partial charge in [-0.05, 0) is 70.3 Å². The fraction of sp³-hybridized carbons (Fsp3) is 0.0714. The maximum absolute atomic E-state index is 9.76. The first-order valence-electron chi connectivity index (χ1n) is 6.87. The third-order valence-corrected chi connectivity index (χ3v) is 4.19. The third kappa shape index (κ3) is 22.5. The molecule has 0 aromatic rings. The van der Waals surface area contributed by atoms with Gasteiger partial charge >= 0.3 is 13.6 Å². The summed E-state index contributed by atoms with van der Waals surface area (Å²) in [4.78, 5) is 25.4. The molecule has 12 heteroatoms. The highest BCUT2D eigenvalue weighted by Gasteiger charge is 2.17. The van der Waals surface area contributed by atoms with Crippen LogP contribution in [0.3, 0.4) is 0 Å². The topological polar surface area (TPSA) is 131 Å². The molecule has 0 saturated heterocycles. The van der Waals surface area contributed by atoms with Crippen molar-refractivity contribution < 1.29 is 24.3 Å². The molecular weight excluding hydrogens is 417 g/mol. The summed E-state index contributed by atoms with van der Waals surface area (Å²) in [5, 5.41) is 13.7. The summed E-state index contributed by atoms with van der Waals surface area (Å²) in [5.41, 5.74) is 0. The second kappa shape index (κ2) is 17.0. The molecule has 3 rings (SSSR count). The average Bonchev–Trinajstić information content (AvgIpc) is 2.65. The number of carbonyl (C=O) groups is 1. The van der Waals surface area contributed by atoms with E-state index in [0.717, 1.165) is 0 Å². The summed E-state index contributed by atoms with van der Waals surface area (Å²) in [7, 11) is -4.32. The van der Waals surface area contributed by atoms with Crippen molar-refractivity contribution in [2.45, 2.75) is 0 Å². The number of hydrogen-bond donors (Lipinski definition) is 6. The molecule has 8 nitrogen and oxygen atoms in total. The van der Waals surface area contributed by atoms with Crippen molar-refractivity contribution in [1.82, 2.24) is 14.2 Å². The highest BCUT2D eigenvalue weighted by atomic mass is 32.2. The summed E-state index contributed by atoms with van der Waals surface area (Å²) < 4.78 is 18.6. The van der Waals surface area contributed by atoms with E-state index in [1.807, 2.05) is 71.3 Å². The third-order valence-electron chi connectivity index (χ3n) is 1.81. The van der Waals surface area contributed by atoms with Crippen LogP contribution in [0.25, 0.3) is 0 Å². The first-order chi connectivity index (χ1) is 12.4. The standard InChI is InChI=1S/3C4H5NS.C2H5O5P/c3*1-2-4-6-5-3-1;3-2(4)1-8(5,6)7/h3*1-5H;1H2,(H,3,4)(H2,5,6,7). The first kappa shape index (κ1) is 24.5. The van der Waals surface area contributed by atoms with E-state index in [1.165, 1.54) is 0 Å². The smallest absolute Gasteiger partial charge is 0.336 e. The van der Waals surface area contributed by atoms with Gasteiger partial charge in [-0.15, -0.1) is 0 Å². The summed E-state index contributed by atoms with van der Waals surface area (Å²) in [5.74, 6) is -1.49. The molecule has 0 aromatic carbocycles. The predicted octanol–water partition coefficient (Wildman–Crippen LogP) is 3.04. The molecule has 3 heterocycles. The van der Waals surface area contributed by atoms with Crippen LogP contribution in [-0.2, 0) is 9.36 Å². The summed E-state index contributed by atoms with van der Waals surface area (Å²) in [6, 6.07) is 0. The molecule has 0 aromatic heterocycles. The lowest BCUT2D eigenvalue weighted by molar-refractivity contribution is -0.134. The fourth-order valence-electron chi connectivity index (χ4n) is 0.950. The highest BCUT2D eigenvalue weighted by molar-refractivity contribution is 8.00. The Kier molecular flexibility index (Phi) is 16.0. The minimum absolute atomic E-state index is 1.09. The second-order valence-corrected chi connectivity index (χ2v) is 7.86. The van der Waals surface area contributed by atoms with Crippen molar-refractivity contribution in [3.05, 3.63) is 71.3 Å². The van der Waals surface area contributed by atoms with Crippen molar-refractivity contribution in [1.29, 1.82) is 0 Å². The Morgan fingerprint density at radius 3 is 1.15 bits per heavy atom. The molecular formula is C14H20N3O5PS3. The number of carboxylic acid groups (broad SMARTS) is 1. The van der Waals surface area contributed by atoms with Crippen molar-refractivity contribution in [2.24, 2.45) is 0 Å². The molecule has 0 fully saturated rings. The lowest BCUT2D eigenvalue weighted by Gasteiger charge is -1.95. The molecule has 3 aliphatic heterocycles. The zero-order valence-corrected chi connectivity index (χ0v) is 16.8. The van der Waals surface area contributed by atoms with Crippen LogP contribution >= 0.6 is 43.4 Å². The van der Waals surface area contributed by atoms with Gasteiger partial charge in [-0.3, -0.25) is 9.36 Å². The van der Waals surface area contributed by atoms with Crippen LogP contribution < -0.4 is 14.2 Å². The molecule has 144 valence electrons. The van der Waals surface area contributed by atoms with Crippen LogP contribution in [0.15, 0.2) is 71.3 Å². The van der Waals surface area contributed by atoms with Crippen LogP contribution in [0.4, 0.5) is 0 Å². The van der Waals surface area contributed by atoms with Crippen LogP contribution in [0.2, 0.25) is 0 Å². The molecule has 0 unspecified atom stereocenters. The van der Waals surface area contributed by atoms with Crippen molar-refractivity contribution >= 4 is 49.4 Å². The van der Waals surface area contributed by atoms with E-state index in [1.54, 1.807) is 35.8 Å². The number of aliphatic carboxylic acids is 1. The van der Waals surface area contributed by atoms with Crippen LogP contribution in [0.1, 0.15) is 0 Å². The molecule has 0 saturated carbocycles. The highest BCUT2D eigenvalue weighted by Crippen LogP contribution is 2.33. The molecule has 3 aliphatic rings. The minimum Gasteiger partial charge on any atom is -0.481 e. The fourth-order valence-corrected chi connectivity index (χ4v) is 2.52. The molecule has 0 aliphatic carbocycles. The maximum Gasteiger partial charge on any atom is 0.336 e. The van der Waals surface area contributed by atoms with Gasteiger partial charge in [-0.25, -0.2) is 0 Å². The van der Waals surface area contributed by atoms with E-state index in [2.05, 4.69) is 14.2 Å². The van der Waals surface area contributed by atoms with E-state index in [4.69, 9.17) is 14.9 Å². The number of allylic oxidation sites excluding steroid dienone is 6. The molecule has 0 spiro atoms. The normalized spacial score (nSPS) is 15.5. The van der Waals surface area contributed by atoms with Crippen LogP contribution in [0, 0.1) is 0 Å². The SMILES string of the molecule is C1=CNSC=C1.C1=CNSC=C1.C1=CNSC=C1.O=C(O)CP(=O)(O)O. The largest absolute Gasteiger partial charge is 0.481 e. The first-order valence-corrected chi connectivity index (χ1v) is 11.3. The Hall–Kier alpha value is -1.49. The lowest BCUT2D eigenvalue weighted by Crippen LogP contribution is -2.01. The van der Waals surface area contributed by atoms with Gasteiger partial charge in [0.05, 0.1) is 0 Å². The van der Waals surface area contributed by atoms with E-state index in [0.29, 0.717) is 0 Å². The van der Waals surface area contributed by atoms with Gasteiger partial charge in [0, 0.05) is 18.6 Å². The molecule has 26 heavy (non-hydrogen) atoms. The van der Waals surface area contributed by atoms with Crippen molar-refractivity contribution in [3.63, 3.8) is 0 Å². The van der Waals surface area contributed by atoms with Crippen molar-refractivity contribution in [3.8, 4) is 0 Å². The predicted molar refractivity (Wildman–Crippen MR) is 112 cm³/mol. The lowest BCUT2D eigenvalue weighted by atomic mass is 10.6. The number of nitrogens with one attached hydrogen (secondary N) is 3. The van der Waals surface area contributed by atoms with Gasteiger partial charge in [0.1, 0.15) is 6.16 Å². The van der Waals surface area contributed by atoms with Gasteiger partial charge in [0.2, 0.25) is 0 Å². The molecule has 0 amide bonds. The monoisotopic (exact) mass is 437 g/mol. The summed E-state index contributed by atoms with van der Waals surface area (Å²) >= 11 is 4.73. The van der Waals surface area contributed by atoms with E-state index < -0.39 is 19.7 Å². The van der Waals surface area contributed by atoms with Crippen molar-refractivity contribution in [2.75, 3.05) is 6.16 Å². The van der Waals surface area contributed by atoms with E-state index in [9.17, 15) is 9.36 Å².